The van der Waals surface area contributed by atoms with Crippen LogP contribution in [0.25, 0.3) is 21.8 Å². The predicted octanol–water partition coefficient (Wildman–Crippen LogP) is 4.14. The average molecular weight is 613 g/mol. The Morgan fingerprint density at radius 1 is 1.07 bits per heavy atom. The number of para-hydroxylation sites is 1. The fourth-order valence-corrected chi connectivity index (χ4v) is 10.5. The quantitative estimate of drug-likeness (QED) is 0.168. The predicted molar refractivity (Wildman–Crippen MR) is 167 cm³/mol. The number of benzene rings is 1. The van der Waals surface area contributed by atoms with Crippen molar-refractivity contribution in [1.82, 2.24) is 15.4 Å². The molecule has 10 nitrogen and oxygen atoms in total. The van der Waals surface area contributed by atoms with E-state index in [1.54, 1.807) is 24.6 Å². The van der Waals surface area contributed by atoms with Crippen molar-refractivity contribution in [3.05, 3.63) is 53.9 Å². The zero-order chi connectivity index (χ0) is 31.2. The van der Waals surface area contributed by atoms with Gasteiger partial charge in [0.15, 0.2) is 0 Å². The molecule has 4 aliphatic carbocycles. The highest BCUT2D eigenvalue weighted by molar-refractivity contribution is 6.09. The van der Waals surface area contributed by atoms with E-state index < -0.39 is 34.0 Å². The molecule has 1 aliphatic heterocycles. The minimum Gasteiger partial charge on any atom is -0.458 e. The molecule has 8 rings (SSSR count). The number of H-pyrrole nitrogens is 1. The van der Waals surface area contributed by atoms with Gasteiger partial charge in [0.2, 0.25) is 0 Å². The maximum atomic E-state index is 13.3. The van der Waals surface area contributed by atoms with Gasteiger partial charge in [-0.05, 0) is 86.8 Å². The Morgan fingerprint density at radius 3 is 2.71 bits per heavy atom. The van der Waals surface area contributed by atoms with E-state index in [4.69, 9.17) is 4.74 Å². The zero-order valence-electron chi connectivity index (χ0n) is 25.5. The first-order valence-electron chi connectivity index (χ1n) is 16.3. The Hall–Kier alpha value is -3.60. The molecule has 0 spiro atoms. The standard InChI is InChI=1S/C35H40N4O6/c1-32-10-7-25-26(35(32,44)13-9-24(32)20-14-30(41)45-18-20)8-12-34(43)16-21(40)6-11-33(25,34)19-37-39-31(42)28-15-23-22-4-2-3-5-27(22)38-29(23)17-36-28/h2-5,14-15,17,19,21,24-26,38,40,43-44H,6-13,16,18H2,1H3,(H,39,42)/b37-19-/t21-,24-,25+,26-,32-,33+,34+,35-/m1/s1. The van der Waals surface area contributed by atoms with Crippen LogP contribution in [0.1, 0.15) is 75.2 Å². The Balaban J connectivity index is 1.10. The molecular weight excluding hydrogens is 572 g/mol. The molecule has 0 unspecified atom stereocenters. The summed E-state index contributed by atoms with van der Waals surface area (Å²) in [6, 6.07) is 9.65. The largest absolute Gasteiger partial charge is 0.458 e. The van der Waals surface area contributed by atoms with Gasteiger partial charge in [-0.1, -0.05) is 25.1 Å². The van der Waals surface area contributed by atoms with E-state index in [1.165, 1.54) is 0 Å². The number of hydrogen-bond acceptors (Lipinski definition) is 8. The maximum Gasteiger partial charge on any atom is 0.331 e. The smallest absolute Gasteiger partial charge is 0.331 e. The molecule has 4 saturated carbocycles. The molecule has 3 aromatic rings. The molecule has 2 aromatic heterocycles. The Bertz CT molecular complexity index is 1780. The van der Waals surface area contributed by atoms with Crippen molar-refractivity contribution in [3.63, 3.8) is 0 Å². The minimum atomic E-state index is -1.21. The van der Waals surface area contributed by atoms with Crippen molar-refractivity contribution in [2.45, 2.75) is 82.0 Å². The number of amides is 1. The van der Waals surface area contributed by atoms with Crippen molar-refractivity contribution in [2.75, 3.05) is 6.61 Å². The lowest BCUT2D eigenvalue weighted by molar-refractivity contribution is -0.237. The molecule has 10 heteroatoms. The number of aromatic amines is 1. The Morgan fingerprint density at radius 2 is 1.89 bits per heavy atom. The van der Waals surface area contributed by atoms with Crippen molar-refractivity contribution in [2.24, 2.45) is 33.7 Å². The molecule has 0 bridgehead atoms. The summed E-state index contributed by atoms with van der Waals surface area (Å²) in [6.45, 7) is 2.45. The lowest BCUT2D eigenvalue weighted by Crippen LogP contribution is -2.68. The molecule has 3 heterocycles. The van der Waals surface area contributed by atoms with Crippen molar-refractivity contribution < 1.29 is 29.6 Å². The molecule has 1 aromatic carbocycles. The third-order valence-electron chi connectivity index (χ3n) is 12.7. The lowest BCUT2D eigenvalue weighted by atomic mass is 9.41. The first kappa shape index (κ1) is 28.8. The fourth-order valence-electron chi connectivity index (χ4n) is 10.5. The molecule has 236 valence electrons. The summed E-state index contributed by atoms with van der Waals surface area (Å²) >= 11 is 0. The van der Waals surface area contributed by atoms with Crippen molar-refractivity contribution >= 4 is 39.9 Å². The lowest BCUT2D eigenvalue weighted by Gasteiger charge is -2.65. The summed E-state index contributed by atoms with van der Waals surface area (Å²) in [4.78, 5) is 32.9. The highest BCUT2D eigenvalue weighted by Gasteiger charge is 2.71. The number of nitrogens with one attached hydrogen (secondary N) is 2. The van der Waals surface area contributed by atoms with Crippen molar-refractivity contribution in [3.8, 4) is 0 Å². The number of rotatable bonds is 4. The molecule has 5 N–H and O–H groups in total. The number of aliphatic hydroxyl groups excluding tert-OH is 1. The van der Waals surface area contributed by atoms with Gasteiger partial charge in [-0.15, -0.1) is 0 Å². The summed E-state index contributed by atoms with van der Waals surface area (Å²) in [5.74, 6) is -0.873. The van der Waals surface area contributed by atoms with Gasteiger partial charge >= 0.3 is 5.97 Å². The average Bonchev–Trinajstić information content (AvgIpc) is 3.69. The summed E-state index contributed by atoms with van der Waals surface area (Å²) in [7, 11) is 0. The van der Waals surface area contributed by atoms with Crippen LogP contribution in [-0.2, 0) is 9.53 Å². The van der Waals surface area contributed by atoms with Crippen LogP contribution in [-0.4, -0.2) is 67.3 Å². The van der Waals surface area contributed by atoms with Crippen LogP contribution in [0.2, 0.25) is 0 Å². The van der Waals surface area contributed by atoms with Gasteiger partial charge in [0.25, 0.3) is 5.91 Å². The number of hydrogen-bond donors (Lipinski definition) is 5. The zero-order valence-corrected chi connectivity index (χ0v) is 25.5. The number of nitrogens with zero attached hydrogens (tertiary/aromatic N) is 2. The van der Waals surface area contributed by atoms with E-state index >= 15 is 0 Å². The number of esters is 1. The van der Waals surface area contributed by atoms with Crippen LogP contribution in [0.15, 0.2) is 53.3 Å². The van der Waals surface area contributed by atoms with E-state index in [9.17, 15) is 24.9 Å². The monoisotopic (exact) mass is 612 g/mol. The topological polar surface area (TPSA) is 157 Å². The summed E-state index contributed by atoms with van der Waals surface area (Å²) < 4.78 is 5.26. The summed E-state index contributed by atoms with van der Waals surface area (Å²) in [6.07, 6.45) is 9.58. The second-order valence-electron chi connectivity index (χ2n) is 14.5. The van der Waals surface area contributed by atoms with Gasteiger partial charge in [-0.3, -0.25) is 4.79 Å². The Labute approximate surface area is 260 Å². The third kappa shape index (κ3) is 4.04. The summed E-state index contributed by atoms with van der Waals surface area (Å²) in [5, 5.41) is 41.9. The van der Waals surface area contributed by atoms with E-state index in [1.807, 2.05) is 24.3 Å². The number of ether oxygens (including phenoxy) is 1. The molecule has 8 atom stereocenters. The molecule has 0 saturated heterocycles. The highest BCUT2D eigenvalue weighted by Crippen LogP contribution is 2.70. The van der Waals surface area contributed by atoms with Crippen LogP contribution >= 0.6 is 0 Å². The number of carbonyl (C=O) groups excluding carboxylic acids is 2. The normalized spacial score (nSPS) is 39.4. The molecule has 1 amide bonds. The number of cyclic esters (lactones) is 1. The van der Waals surface area contributed by atoms with Gasteiger partial charge in [-0.2, -0.15) is 5.10 Å². The first-order chi connectivity index (χ1) is 21.6. The number of aromatic nitrogens is 2. The first-order valence-corrected chi connectivity index (χ1v) is 16.3. The van der Waals surface area contributed by atoms with Crippen LogP contribution in [0.5, 0.6) is 0 Å². The number of aliphatic hydroxyl groups is 3. The second-order valence-corrected chi connectivity index (χ2v) is 14.5. The van der Waals surface area contributed by atoms with Gasteiger partial charge in [-0.25, -0.2) is 15.2 Å². The van der Waals surface area contributed by atoms with Crippen LogP contribution in [0, 0.1) is 28.6 Å². The Kier molecular flexibility index (Phi) is 6.38. The number of pyridine rings is 1. The van der Waals surface area contributed by atoms with Crippen LogP contribution in [0.4, 0.5) is 0 Å². The van der Waals surface area contributed by atoms with Crippen molar-refractivity contribution in [1.29, 1.82) is 0 Å². The van der Waals surface area contributed by atoms with Gasteiger partial charge in [0, 0.05) is 45.8 Å². The molecule has 5 aliphatic rings. The minimum absolute atomic E-state index is 0.0646. The molecule has 4 fully saturated rings. The van der Waals surface area contributed by atoms with Gasteiger partial charge in [0.1, 0.15) is 12.3 Å². The van der Waals surface area contributed by atoms with E-state index in [2.05, 4.69) is 27.4 Å². The number of carbonyl (C=O) groups is 2. The van der Waals surface area contributed by atoms with Gasteiger partial charge < -0.3 is 25.0 Å². The SMILES string of the molecule is C[C@]12CC[C@H]3[C@@H](CC[C@]4(O)C[C@H](O)CC[C@]34/C=N\NC(=O)c3cc4c(cn3)[nH]c3ccccc34)[C@]1(O)CC[C@@H]2C1=CC(=O)OC1. The van der Waals surface area contributed by atoms with Crippen LogP contribution < -0.4 is 5.43 Å². The third-order valence-corrected chi connectivity index (χ3v) is 12.7. The van der Waals surface area contributed by atoms with Gasteiger partial charge in [0.05, 0.1) is 29.0 Å². The molecule has 0 radical (unpaired) electrons. The number of hydrazone groups is 1. The van der Waals surface area contributed by atoms with E-state index in [0.29, 0.717) is 38.7 Å². The number of fused-ring (bicyclic) bond motifs is 8. The summed E-state index contributed by atoms with van der Waals surface area (Å²) in [5.41, 5.74) is 2.27. The highest BCUT2D eigenvalue weighted by atomic mass is 16.5. The molecule has 45 heavy (non-hydrogen) atoms. The van der Waals surface area contributed by atoms with Crippen LogP contribution in [0.3, 0.4) is 0 Å². The fraction of sp³-hybridized carbons (Fsp3) is 0.543. The molecular formula is C35H40N4O6. The second kappa shape index (κ2) is 9.95. The van der Waals surface area contributed by atoms with E-state index in [0.717, 1.165) is 46.6 Å². The van der Waals surface area contributed by atoms with E-state index in [-0.39, 0.29) is 35.8 Å². The maximum absolute atomic E-state index is 13.3.